The molecule has 1 aromatic rings. The van der Waals surface area contributed by atoms with Gasteiger partial charge in [-0.15, -0.1) is 0 Å². The van der Waals surface area contributed by atoms with Gasteiger partial charge in [0.15, 0.2) is 5.96 Å². The third-order valence-electron chi connectivity index (χ3n) is 2.54. The van der Waals surface area contributed by atoms with E-state index in [1.54, 1.807) is 7.11 Å². The van der Waals surface area contributed by atoms with Crippen LogP contribution < -0.4 is 15.8 Å². The Balaban J connectivity index is 2.06. The Labute approximate surface area is 95.5 Å². The number of benzene rings is 1. The predicted octanol–water partition coefficient (Wildman–Crippen LogP) is 1.89. The second kappa shape index (κ2) is 4.43. The van der Waals surface area contributed by atoms with Gasteiger partial charge in [-0.1, -0.05) is 0 Å². The number of guanidine groups is 1. The third-order valence-corrected chi connectivity index (χ3v) is 2.54. The van der Waals surface area contributed by atoms with Crippen molar-refractivity contribution in [3.63, 3.8) is 0 Å². The van der Waals surface area contributed by atoms with Crippen molar-refractivity contribution < 1.29 is 4.74 Å². The summed E-state index contributed by atoms with van der Waals surface area (Å²) >= 11 is 0. The van der Waals surface area contributed by atoms with Gasteiger partial charge < -0.3 is 15.8 Å². The highest BCUT2D eigenvalue weighted by molar-refractivity contribution is 5.92. The van der Waals surface area contributed by atoms with Crippen molar-refractivity contribution in [2.24, 2.45) is 10.7 Å². The lowest BCUT2D eigenvalue weighted by Gasteiger charge is -2.09. The first kappa shape index (κ1) is 10.8. The van der Waals surface area contributed by atoms with Crippen LogP contribution in [0.5, 0.6) is 5.75 Å². The fraction of sp³-hybridized carbons (Fsp3) is 0.417. The first-order valence-corrected chi connectivity index (χ1v) is 5.44. The number of hydrogen-bond acceptors (Lipinski definition) is 2. The first-order chi connectivity index (χ1) is 7.69. The number of nitrogens with zero attached hydrogens (tertiary/aromatic N) is 1. The number of aryl methyl sites for hydroxylation is 1. The molecule has 0 saturated heterocycles. The van der Waals surface area contributed by atoms with E-state index in [9.17, 15) is 0 Å². The summed E-state index contributed by atoms with van der Waals surface area (Å²) < 4.78 is 5.19. The number of methoxy groups -OCH3 is 1. The molecule has 0 unspecified atom stereocenters. The second-order valence-corrected chi connectivity index (χ2v) is 4.05. The van der Waals surface area contributed by atoms with Crippen molar-refractivity contribution in [3.8, 4) is 5.75 Å². The minimum atomic E-state index is 0.437. The molecule has 4 nitrogen and oxygen atoms in total. The van der Waals surface area contributed by atoms with Gasteiger partial charge in [0.25, 0.3) is 0 Å². The van der Waals surface area contributed by atoms with Crippen LogP contribution in [0.2, 0.25) is 0 Å². The molecular formula is C12H17N3O. The molecule has 16 heavy (non-hydrogen) atoms. The molecule has 86 valence electrons. The fourth-order valence-corrected chi connectivity index (χ4v) is 1.54. The molecule has 3 N–H and O–H groups in total. The van der Waals surface area contributed by atoms with Crippen LogP contribution in [0.25, 0.3) is 0 Å². The van der Waals surface area contributed by atoms with E-state index in [1.807, 2.05) is 25.1 Å². The highest BCUT2D eigenvalue weighted by Crippen LogP contribution is 2.24. The lowest BCUT2D eigenvalue weighted by atomic mass is 10.2. The normalized spacial score (nSPS) is 16.0. The summed E-state index contributed by atoms with van der Waals surface area (Å²) in [6, 6.07) is 6.28. The van der Waals surface area contributed by atoms with Crippen LogP contribution in [0, 0.1) is 6.92 Å². The molecule has 0 radical (unpaired) electrons. The Hall–Kier alpha value is -1.71. The van der Waals surface area contributed by atoms with Crippen LogP contribution in [0.3, 0.4) is 0 Å². The monoisotopic (exact) mass is 219 g/mol. The average Bonchev–Trinajstić information content (AvgIpc) is 3.01. The number of aliphatic imine (C=N–C) groups is 1. The number of anilines is 1. The smallest absolute Gasteiger partial charge is 0.193 e. The van der Waals surface area contributed by atoms with E-state index in [0.29, 0.717) is 12.0 Å². The molecule has 1 saturated carbocycles. The molecule has 0 bridgehead atoms. The zero-order valence-corrected chi connectivity index (χ0v) is 9.66. The molecule has 1 aliphatic rings. The van der Waals surface area contributed by atoms with E-state index in [0.717, 1.165) is 29.8 Å². The summed E-state index contributed by atoms with van der Waals surface area (Å²) in [4.78, 5) is 4.31. The molecule has 4 heteroatoms. The molecule has 0 amide bonds. The lowest BCUT2D eigenvalue weighted by molar-refractivity contribution is 0.412. The number of rotatable bonds is 3. The SMILES string of the molecule is COc1ccc(NC(N)=NC2CC2)cc1C. The topological polar surface area (TPSA) is 59.6 Å². The quantitative estimate of drug-likeness (QED) is 0.603. The Morgan fingerprint density at radius 2 is 2.25 bits per heavy atom. The Morgan fingerprint density at radius 1 is 1.50 bits per heavy atom. The average molecular weight is 219 g/mol. The molecule has 0 spiro atoms. The van der Waals surface area contributed by atoms with Crippen molar-refractivity contribution in [1.29, 1.82) is 0 Å². The molecule has 0 aromatic heterocycles. The van der Waals surface area contributed by atoms with Crippen LogP contribution >= 0.6 is 0 Å². The van der Waals surface area contributed by atoms with Gasteiger partial charge in [0.2, 0.25) is 0 Å². The van der Waals surface area contributed by atoms with Gasteiger partial charge in [-0.3, -0.25) is 0 Å². The summed E-state index contributed by atoms with van der Waals surface area (Å²) in [5.41, 5.74) is 7.80. The summed E-state index contributed by atoms with van der Waals surface area (Å²) in [7, 11) is 1.67. The second-order valence-electron chi connectivity index (χ2n) is 4.05. The van der Waals surface area contributed by atoms with Gasteiger partial charge in [0.1, 0.15) is 5.75 Å². The highest BCUT2D eigenvalue weighted by atomic mass is 16.5. The standard InChI is InChI=1S/C12H17N3O/c1-8-7-10(5-6-11(8)16-2)15-12(13)14-9-3-4-9/h5-7,9H,3-4H2,1-2H3,(H3,13,14,15). The maximum Gasteiger partial charge on any atom is 0.193 e. The molecule has 2 rings (SSSR count). The van der Waals surface area contributed by atoms with Crippen LogP contribution in [-0.2, 0) is 0 Å². The van der Waals surface area contributed by atoms with E-state index in [-0.39, 0.29) is 0 Å². The maximum absolute atomic E-state index is 5.77. The van der Waals surface area contributed by atoms with Crippen LogP contribution in [-0.4, -0.2) is 19.1 Å². The van der Waals surface area contributed by atoms with E-state index in [2.05, 4.69) is 10.3 Å². The predicted molar refractivity (Wildman–Crippen MR) is 66.0 cm³/mol. The zero-order chi connectivity index (χ0) is 11.5. The fourth-order valence-electron chi connectivity index (χ4n) is 1.54. The minimum absolute atomic E-state index is 0.437. The van der Waals surface area contributed by atoms with Gasteiger partial charge in [-0.05, 0) is 43.5 Å². The first-order valence-electron chi connectivity index (χ1n) is 5.44. The van der Waals surface area contributed by atoms with Crippen molar-refractivity contribution in [2.75, 3.05) is 12.4 Å². The van der Waals surface area contributed by atoms with Crippen molar-refractivity contribution in [2.45, 2.75) is 25.8 Å². The van der Waals surface area contributed by atoms with Crippen LogP contribution in [0.15, 0.2) is 23.2 Å². The van der Waals surface area contributed by atoms with Crippen molar-refractivity contribution >= 4 is 11.6 Å². The Morgan fingerprint density at radius 3 is 2.81 bits per heavy atom. The minimum Gasteiger partial charge on any atom is -0.496 e. The van der Waals surface area contributed by atoms with Crippen LogP contribution in [0.4, 0.5) is 5.69 Å². The summed E-state index contributed by atoms with van der Waals surface area (Å²) in [6.07, 6.45) is 2.31. The molecule has 1 aliphatic carbocycles. The largest absolute Gasteiger partial charge is 0.496 e. The number of nitrogens with one attached hydrogen (secondary N) is 1. The lowest BCUT2D eigenvalue weighted by Crippen LogP contribution is -2.23. The maximum atomic E-state index is 5.77. The molecule has 0 atom stereocenters. The van der Waals surface area contributed by atoms with E-state index < -0.39 is 0 Å². The summed E-state index contributed by atoms with van der Waals surface area (Å²) in [6.45, 7) is 2.00. The Bertz CT molecular complexity index is 411. The highest BCUT2D eigenvalue weighted by Gasteiger charge is 2.20. The van der Waals surface area contributed by atoms with Gasteiger partial charge in [0.05, 0.1) is 13.2 Å². The summed E-state index contributed by atoms with van der Waals surface area (Å²) in [5.74, 6) is 1.37. The van der Waals surface area contributed by atoms with Crippen LogP contribution in [0.1, 0.15) is 18.4 Å². The zero-order valence-electron chi connectivity index (χ0n) is 9.66. The Kier molecular flexibility index (Phi) is 2.99. The van der Waals surface area contributed by atoms with Gasteiger partial charge in [-0.25, -0.2) is 4.99 Å². The number of ether oxygens (including phenoxy) is 1. The molecule has 0 heterocycles. The van der Waals surface area contributed by atoms with Crippen molar-refractivity contribution in [1.82, 2.24) is 0 Å². The molecular weight excluding hydrogens is 202 g/mol. The third kappa shape index (κ3) is 2.66. The van der Waals surface area contributed by atoms with Crippen molar-refractivity contribution in [3.05, 3.63) is 23.8 Å². The van der Waals surface area contributed by atoms with E-state index in [4.69, 9.17) is 10.5 Å². The number of nitrogens with two attached hydrogens (primary N) is 1. The molecule has 1 fully saturated rings. The van der Waals surface area contributed by atoms with E-state index >= 15 is 0 Å². The molecule has 1 aromatic carbocycles. The number of hydrogen-bond donors (Lipinski definition) is 2. The van der Waals surface area contributed by atoms with Gasteiger partial charge in [-0.2, -0.15) is 0 Å². The van der Waals surface area contributed by atoms with Gasteiger partial charge in [0, 0.05) is 5.69 Å². The van der Waals surface area contributed by atoms with Gasteiger partial charge >= 0.3 is 0 Å². The molecule has 0 aliphatic heterocycles. The van der Waals surface area contributed by atoms with E-state index in [1.165, 1.54) is 0 Å². The summed E-state index contributed by atoms with van der Waals surface area (Å²) in [5, 5.41) is 3.08.